The Morgan fingerprint density at radius 3 is 1.29 bits per heavy atom. The molecule has 0 bridgehead atoms. The zero-order chi connectivity index (χ0) is 57.9. The summed E-state index contributed by atoms with van der Waals surface area (Å²) in [6.45, 7) is 12.7. The normalized spacial score (nSPS) is 12.3. The number of amides is 1. The lowest BCUT2D eigenvalue weighted by atomic mass is 9.98. The highest BCUT2D eigenvalue weighted by Crippen LogP contribution is 2.33. The number of carboxylic acids is 1. The molecule has 2 aromatic heterocycles. The highest BCUT2D eigenvalue weighted by Gasteiger charge is 2.31. The number of alkyl halides is 6. The molecule has 4 N–H and O–H groups in total. The number of aromatic nitrogens is 4. The Bertz CT molecular complexity index is 3380. The van der Waals surface area contributed by atoms with Crippen molar-refractivity contribution in [3.63, 3.8) is 0 Å². The molecule has 6 aromatic carbocycles. The fourth-order valence-electron chi connectivity index (χ4n) is 8.68. The summed E-state index contributed by atoms with van der Waals surface area (Å²) < 4.78 is 89.8. The van der Waals surface area contributed by atoms with Crippen molar-refractivity contribution in [3.8, 4) is 0 Å². The predicted molar refractivity (Wildman–Crippen MR) is 289 cm³/mol. The van der Waals surface area contributed by atoms with Gasteiger partial charge in [0, 0.05) is 29.9 Å². The second-order valence-electron chi connectivity index (χ2n) is 19.7. The van der Waals surface area contributed by atoms with Crippen LogP contribution in [-0.2, 0) is 47.8 Å². The van der Waals surface area contributed by atoms with Crippen molar-refractivity contribution in [1.29, 1.82) is 0 Å². The van der Waals surface area contributed by atoms with Gasteiger partial charge in [0.2, 0.25) is 0 Å². The van der Waals surface area contributed by atoms with Crippen molar-refractivity contribution in [2.24, 2.45) is 17.6 Å². The van der Waals surface area contributed by atoms with Crippen molar-refractivity contribution in [2.45, 2.75) is 91.9 Å². The number of aromatic carboxylic acids is 1. The lowest BCUT2D eigenvalue weighted by Gasteiger charge is -2.17. The fourth-order valence-corrected chi connectivity index (χ4v) is 8.68. The van der Waals surface area contributed by atoms with E-state index in [0.29, 0.717) is 75.7 Å². The Hall–Kier alpha value is -8.32. The van der Waals surface area contributed by atoms with Crippen LogP contribution < -0.4 is 11.1 Å². The van der Waals surface area contributed by atoms with Crippen LogP contribution in [0, 0.1) is 11.8 Å². The zero-order valence-corrected chi connectivity index (χ0v) is 44.9. The van der Waals surface area contributed by atoms with Crippen LogP contribution in [0.25, 0.3) is 21.8 Å². The first-order valence-electron chi connectivity index (χ1n) is 25.2. The number of fused-ring (bicyclic) bond motifs is 2. The molecule has 2 heterocycles. The lowest BCUT2D eigenvalue weighted by Crippen LogP contribution is -2.29. The number of ether oxygens (including phenoxy) is 2. The minimum absolute atomic E-state index is 0.00769. The minimum Gasteiger partial charge on any atom is -0.477 e. The van der Waals surface area contributed by atoms with Gasteiger partial charge in [-0.3, -0.25) is 14.2 Å². The molecule has 13 nitrogen and oxygen atoms in total. The molecule has 8 rings (SSSR count). The molecule has 2 atom stereocenters. The average molecular weight is 1090 g/mol. The Morgan fingerprint density at radius 2 is 0.937 bits per heavy atom. The van der Waals surface area contributed by atoms with E-state index in [-0.39, 0.29) is 41.5 Å². The molecule has 0 fully saturated rings. The number of benzene rings is 6. The van der Waals surface area contributed by atoms with Crippen LogP contribution in [0.1, 0.15) is 140 Å². The molecule has 1 amide bonds. The summed E-state index contributed by atoms with van der Waals surface area (Å²) in [7, 11) is 2.68. The van der Waals surface area contributed by atoms with Gasteiger partial charge >= 0.3 is 30.3 Å². The van der Waals surface area contributed by atoms with E-state index in [9.17, 15) is 50.6 Å². The third-order valence-electron chi connectivity index (χ3n) is 12.6. The van der Waals surface area contributed by atoms with E-state index in [1.165, 1.54) is 43.2 Å². The maximum absolute atomic E-state index is 13.7. The Balaban J connectivity index is 0.000000217. The molecule has 79 heavy (non-hydrogen) atoms. The lowest BCUT2D eigenvalue weighted by molar-refractivity contribution is -0.138. The highest BCUT2D eigenvalue weighted by molar-refractivity contribution is 6.06. The summed E-state index contributed by atoms with van der Waals surface area (Å²) in [6, 6.07) is 34.3. The monoisotopic (exact) mass is 1090 g/mol. The van der Waals surface area contributed by atoms with Crippen molar-refractivity contribution < 1.29 is 60.1 Å². The number of esters is 2. The van der Waals surface area contributed by atoms with Crippen LogP contribution >= 0.6 is 0 Å². The van der Waals surface area contributed by atoms with Crippen LogP contribution in [0.2, 0.25) is 0 Å². The maximum Gasteiger partial charge on any atom is 0.416 e. The van der Waals surface area contributed by atoms with Crippen LogP contribution in [0.4, 0.5) is 26.3 Å². The average Bonchev–Trinajstić information content (AvgIpc) is 4.09. The van der Waals surface area contributed by atoms with Gasteiger partial charge in [0.1, 0.15) is 5.69 Å². The molecule has 0 unspecified atom stereocenters. The first kappa shape index (κ1) is 59.9. The SMILES string of the molecule is CC(C)Cn1nc2cccc(Cc3ccc(C(F)(F)F)cc3)c2c1C(=O)O.COC(=O)c1ccc([C@H](C)N)cc1.COC(=O)c1ccc([C@H](C)NC(=O)c2c3c(Cc4ccc(C(F)(F)F)cc4)cccc3nn2CC(C)C)cc1. The zero-order valence-electron chi connectivity index (χ0n) is 44.9. The number of nitrogens with two attached hydrogens (primary N) is 1. The van der Waals surface area contributed by atoms with E-state index >= 15 is 0 Å². The molecule has 0 aliphatic heterocycles. The summed E-state index contributed by atoms with van der Waals surface area (Å²) in [5.41, 5.74) is 11.6. The van der Waals surface area contributed by atoms with E-state index in [0.717, 1.165) is 46.5 Å². The molecule has 8 aromatic rings. The van der Waals surface area contributed by atoms with Gasteiger partial charge in [0.15, 0.2) is 5.69 Å². The van der Waals surface area contributed by atoms with Crippen molar-refractivity contribution in [3.05, 3.63) is 200 Å². The molecule has 0 radical (unpaired) electrons. The van der Waals surface area contributed by atoms with Crippen LogP contribution in [0.5, 0.6) is 0 Å². The van der Waals surface area contributed by atoms with Crippen molar-refractivity contribution in [2.75, 3.05) is 14.2 Å². The number of carbonyl (C=O) groups is 4. The summed E-state index contributed by atoms with van der Waals surface area (Å²) in [5.74, 6) is -1.72. The largest absolute Gasteiger partial charge is 0.477 e. The second-order valence-corrected chi connectivity index (χ2v) is 19.7. The van der Waals surface area contributed by atoms with Gasteiger partial charge < -0.3 is 25.6 Å². The van der Waals surface area contributed by atoms with Gasteiger partial charge in [-0.05, 0) is 133 Å². The van der Waals surface area contributed by atoms with Gasteiger partial charge in [-0.1, -0.05) is 100 Å². The molecule has 0 saturated carbocycles. The van der Waals surface area contributed by atoms with E-state index in [4.69, 9.17) is 15.6 Å². The standard InChI is InChI=1S/C30H30F3N3O3.C20H19F3N2O2.C10H13NO2/c1-18(2)17-36-27(28(37)34-19(3)21-10-12-22(13-11-21)29(38)39-4)26-23(6-5-7-25(26)35-36)16-20-8-14-24(15-9-20)30(31,32)33;1-12(2)11-25-18(19(26)27)17-14(4-3-5-16(17)24-25)10-13-6-8-15(9-7-13)20(21,22)23;1-7(11)8-3-5-9(6-4-8)10(12)13-2/h5-15,18-19H,16-17H2,1-4H3,(H,34,37);3-9,12H,10-11H2,1-2H3,(H,26,27);3-7H,11H2,1-2H3/t19-;;7-/m0.0/s1. The summed E-state index contributed by atoms with van der Waals surface area (Å²) in [4.78, 5) is 48.4. The first-order chi connectivity index (χ1) is 37.3. The van der Waals surface area contributed by atoms with Gasteiger partial charge in [0.25, 0.3) is 5.91 Å². The topological polar surface area (TPSA) is 181 Å². The smallest absolute Gasteiger partial charge is 0.416 e. The van der Waals surface area contributed by atoms with E-state index in [1.54, 1.807) is 59.3 Å². The number of halogens is 6. The quantitative estimate of drug-likeness (QED) is 0.0660. The molecule has 0 aliphatic carbocycles. The van der Waals surface area contributed by atoms with Gasteiger partial charge in [0.05, 0.1) is 53.5 Å². The van der Waals surface area contributed by atoms with Crippen molar-refractivity contribution in [1.82, 2.24) is 24.9 Å². The summed E-state index contributed by atoms with van der Waals surface area (Å²) >= 11 is 0. The third kappa shape index (κ3) is 15.5. The molecule has 0 saturated heterocycles. The highest BCUT2D eigenvalue weighted by atomic mass is 19.4. The molecule has 0 spiro atoms. The molecule has 0 aliphatic rings. The molecule has 416 valence electrons. The summed E-state index contributed by atoms with van der Waals surface area (Å²) in [5, 5.41) is 23.0. The fraction of sp³-hybridized carbons (Fsp3) is 0.300. The van der Waals surface area contributed by atoms with Gasteiger partial charge in [-0.25, -0.2) is 14.4 Å². The predicted octanol–water partition coefficient (Wildman–Crippen LogP) is 13.1. The number of rotatable bonds is 15. The number of carbonyl (C=O) groups excluding carboxylic acids is 3. The van der Waals surface area contributed by atoms with Gasteiger partial charge in [-0.15, -0.1) is 0 Å². The Labute approximate surface area is 453 Å². The minimum atomic E-state index is -4.40. The van der Waals surface area contributed by atoms with E-state index in [2.05, 4.69) is 15.2 Å². The third-order valence-corrected chi connectivity index (χ3v) is 12.6. The molecular weight excluding hydrogens is 1030 g/mol. The molecular formula is C60H62F6N6O7. The number of methoxy groups -OCH3 is 2. The first-order valence-corrected chi connectivity index (χ1v) is 25.2. The summed E-state index contributed by atoms with van der Waals surface area (Å²) in [6.07, 6.45) is -8.12. The van der Waals surface area contributed by atoms with Crippen LogP contribution in [-0.4, -0.2) is 62.7 Å². The Morgan fingerprint density at radius 1 is 0.557 bits per heavy atom. The van der Waals surface area contributed by atoms with Crippen molar-refractivity contribution >= 4 is 45.6 Å². The number of nitrogens with zero attached hydrogens (tertiary/aromatic N) is 4. The van der Waals surface area contributed by atoms with Crippen LogP contribution in [0.15, 0.2) is 133 Å². The van der Waals surface area contributed by atoms with E-state index in [1.807, 2.05) is 71.9 Å². The molecule has 19 heteroatoms. The Kier molecular flexibility index (Phi) is 19.6. The number of hydrogen-bond acceptors (Lipinski definition) is 9. The van der Waals surface area contributed by atoms with Gasteiger partial charge in [-0.2, -0.15) is 36.5 Å². The number of nitrogens with one attached hydrogen (secondary N) is 1. The number of carboxylic acid groups (broad SMARTS) is 1. The second kappa shape index (κ2) is 25.9. The number of hydrogen-bond donors (Lipinski definition) is 3. The maximum atomic E-state index is 13.7. The van der Waals surface area contributed by atoms with E-state index < -0.39 is 35.4 Å². The van der Waals surface area contributed by atoms with Crippen LogP contribution in [0.3, 0.4) is 0 Å².